The maximum atomic E-state index is 12.3. The molecule has 0 aliphatic heterocycles. The standard InChI is InChI=1S/C20H19N5O2/c1-25-11-15(16-9-12-3-2-7-22-19(12)24-16)14-5-4-13(10-17(14)25)20(27)23-8-6-18(21)26/h2-5,7,9-11H,6,8H2,1H3,(H2,21,26)(H,22,24)(H,23,27). The number of nitrogens with zero attached hydrogens (tertiary/aromatic N) is 2. The molecule has 136 valence electrons. The summed E-state index contributed by atoms with van der Waals surface area (Å²) in [5.74, 6) is -0.665. The number of primary amides is 1. The Morgan fingerprint density at radius 1 is 1.26 bits per heavy atom. The normalized spacial score (nSPS) is 11.1. The van der Waals surface area contributed by atoms with E-state index in [1.807, 2.05) is 42.1 Å². The van der Waals surface area contributed by atoms with Crippen LogP contribution in [0, 0.1) is 0 Å². The molecular formula is C20H19N5O2. The van der Waals surface area contributed by atoms with E-state index in [2.05, 4.69) is 21.4 Å². The Balaban J connectivity index is 1.68. The van der Waals surface area contributed by atoms with E-state index in [4.69, 9.17) is 5.73 Å². The molecule has 27 heavy (non-hydrogen) atoms. The Morgan fingerprint density at radius 3 is 2.89 bits per heavy atom. The van der Waals surface area contributed by atoms with Gasteiger partial charge in [-0.1, -0.05) is 6.07 Å². The molecule has 0 aliphatic carbocycles. The van der Waals surface area contributed by atoms with E-state index in [1.165, 1.54) is 0 Å². The number of benzene rings is 1. The highest BCUT2D eigenvalue weighted by molar-refractivity contribution is 6.02. The highest BCUT2D eigenvalue weighted by Gasteiger charge is 2.14. The Hall–Kier alpha value is -3.61. The number of nitrogens with two attached hydrogens (primary N) is 1. The van der Waals surface area contributed by atoms with Gasteiger partial charge in [0.05, 0.1) is 0 Å². The van der Waals surface area contributed by atoms with Gasteiger partial charge in [0, 0.05) is 65.5 Å². The average Bonchev–Trinajstić information content (AvgIpc) is 3.22. The van der Waals surface area contributed by atoms with Gasteiger partial charge >= 0.3 is 0 Å². The summed E-state index contributed by atoms with van der Waals surface area (Å²) in [4.78, 5) is 30.8. The third-order valence-corrected chi connectivity index (χ3v) is 4.59. The fourth-order valence-electron chi connectivity index (χ4n) is 3.24. The maximum absolute atomic E-state index is 12.3. The van der Waals surface area contributed by atoms with Crippen molar-refractivity contribution in [3.63, 3.8) is 0 Å². The zero-order valence-corrected chi connectivity index (χ0v) is 14.8. The molecule has 0 aliphatic rings. The Kier molecular flexibility index (Phi) is 4.12. The minimum Gasteiger partial charge on any atom is -0.370 e. The van der Waals surface area contributed by atoms with E-state index >= 15 is 0 Å². The number of aromatic amines is 1. The molecular weight excluding hydrogens is 342 g/mol. The van der Waals surface area contributed by atoms with Crippen LogP contribution in [0.5, 0.6) is 0 Å². The molecule has 2 amide bonds. The first-order valence-corrected chi connectivity index (χ1v) is 8.62. The van der Waals surface area contributed by atoms with Crippen molar-refractivity contribution in [1.82, 2.24) is 19.9 Å². The molecule has 0 fully saturated rings. The molecule has 7 nitrogen and oxygen atoms in total. The number of aryl methyl sites for hydroxylation is 1. The number of fused-ring (bicyclic) bond motifs is 2. The van der Waals surface area contributed by atoms with Crippen LogP contribution in [0.4, 0.5) is 0 Å². The van der Waals surface area contributed by atoms with Crippen molar-refractivity contribution in [2.24, 2.45) is 12.8 Å². The molecule has 1 aromatic carbocycles. The van der Waals surface area contributed by atoms with E-state index in [-0.39, 0.29) is 18.9 Å². The van der Waals surface area contributed by atoms with Crippen molar-refractivity contribution < 1.29 is 9.59 Å². The number of carbonyl (C=O) groups is 2. The van der Waals surface area contributed by atoms with E-state index in [1.54, 1.807) is 12.3 Å². The van der Waals surface area contributed by atoms with E-state index < -0.39 is 5.91 Å². The molecule has 0 bridgehead atoms. The monoisotopic (exact) mass is 361 g/mol. The SMILES string of the molecule is Cn1cc(-c2cc3cccnc3[nH]2)c2ccc(C(=O)NCCC(N)=O)cc21. The molecule has 4 aromatic rings. The number of aromatic nitrogens is 3. The lowest BCUT2D eigenvalue weighted by atomic mass is 10.1. The molecule has 0 spiro atoms. The first kappa shape index (κ1) is 16.8. The fourth-order valence-corrected chi connectivity index (χ4v) is 3.24. The van der Waals surface area contributed by atoms with Crippen LogP contribution in [0.15, 0.2) is 48.8 Å². The van der Waals surface area contributed by atoms with Gasteiger partial charge in [-0.2, -0.15) is 0 Å². The van der Waals surface area contributed by atoms with Crippen LogP contribution in [0.3, 0.4) is 0 Å². The van der Waals surface area contributed by atoms with Gasteiger partial charge in [0.15, 0.2) is 0 Å². The summed E-state index contributed by atoms with van der Waals surface area (Å²) in [5, 5.41) is 4.80. The van der Waals surface area contributed by atoms with Gasteiger partial charge in [-0.3, -0.25) is 9.59 Å². The summed E-state index contributed by atoms with van der Waals surface area (Å²) >= 11 is 0. The lowest BCUT2D eigenvalue weighted by Gasteiger charge is -2.05. The van der Waals surface area contributed by atoms with Crippen LogP contribution in [0.25, 0.3) is 33.2 Å². The van der Waals surface area contributed by atoms with Crippen molar-refractivity contribution in [3.8, 4) is 11.3 Å². The number of pyridine rings is 1. The summed E-state index contributed by atoms with van der Waals surface area (Å²) in [6.07, 6.45) is 3.91. The van der Waals surface area contributed by atoms with Gasteiger partial charge in [0.25, 0.3) is 5.91 Å². The molecule has 0 saturated carbocycles. The van der Waals surface area contributed by atoms with Crippen LogP contribution in [0.1, 0.15) is 16.8 Å². The predicted molar refractivity (Wildman–Crippen MR) is 104 cm³/mol. The summed E-state index contributed by atoms with van der Waals surface area (Å²) < 4.78 is 1.99. The van der Waals surface area contributed by atoms with Crippen molar-refractivity contribution in [3.05, 3.63) is 54.4 Å². The first-order chi connectivity index (χ1) is 13.0. The highest BCUT2D eigenvalue weighted by Crippen LogP contribution is 2.31. The quantitative estimate of drug-likeness (QED) is 0.508. The van der Waals surface area contributed by atoms with Gasteiger partial charge in [-0.05, 0) is 30.3 Å². The zero-order chi connectivity index (χ0) is 19.0. The number of hydrogen-bond donors (Lipinski definition) is 3. The van der Waals surface area contributed by atoms with Crippen molar-refractivity contribution >= 4 is 33.8 Å². The fraction of sp³-hybridized carbons (Fsp3) is 0.150. The molecule has 0 saturated heterocycles. The number of hydrogen-bond acceptors (Lipinski definition) is 3. The van der Waals surface area contributed by atoms with Crippen molar-refractivity contribution in [1.29, 1.82) is 0 Å². The topological polar surface area (TPSA) is 106 Å². The Labute approximate surface area is 155 Å². The van der Waals surface area contributed by atoms with Crippen molar-refractivity contribution in [2.75, 3.05) is 6.54 Å². The zero-order valence-electron chi connectivity index (χ0n) is 14.8. The van der Waals surface area contributed by atoms with Crippen LogP contribution >= 0.6 is 0 Å². The third-order valence-electron chi connectivity index (χ3n) is 4.59. The number of nitrogens with one attached hydrogen (secondary N) is 2. The molecule has 7 heteroatoms. The van der Waals surface area contributed by atoms with E-state index in [9.17, 15) is 9.59 Å². The van der Waals surface area contributed by atoms with Gasteiger partial charge in [0.2, 0.25) is 5.91 Å². The molecule has 0 atom stereocenters. The van der Waals surface area contributed by atoms with Gasteiger partial charge in [-0.15, -0.1) is 0 Å². The lowest BCUT2D eigenvalue weighted by Crippen LogP contribution is -2.27. The Bertz CT molecular complexity index is 1140. The molecule has 0 radical (unpaired) electrons. The molecule has 0 unspecified atom stereocenters. The number of carbonyl (C=O) groups excluding carboxylic acids is 2. The molecule has 4 rings (SSSR count). The second-order valence-corrected chi connectivity index (χ2v) is 6.48. The Morgan fingerprint density at radius 2 is 2.11 bits per heavy atom. The summed E-state index contributed by atoms with van der Waals surface area (Å²) in [5.41, 5.74) is 9.45. The van der Waals surface area contributed by atoms with E-state index in [0.717, 1.165) is 33.2 Å². The van der Waals surface area contributed by atoms with Crippen LogP contribution in [-0.4, -0.2) is 32.9 Å². The minimum absolute atomic E-state index is 0.122. The molecule has 4 N–H and O–H groups in total. The lowest BCUT2D eigenvalue weighted by molar-refractivity contribution is -0.117. The smallest absolute Gasteiger partial charge is 0.251 e. The van der Waals surface area contributed by atoms with Gasteiger partial charge in [-0.25, -0.2) is 4.98 Å². The first-order valence-electron chi connectivity index (χ1n) is 8.62. The largest absolute Gasteiger partial charge is 0.370 e. The second-order valence-electron chi connectivity index (χ2n) is 6.48. The maximum Gasteiger partial charge on any atom is 0.251 e. The van der Waals surface area contributed by atoms with Crippen molar-refractivity contribution in [2.45, 2.75) is 6.42 Å². The number of rotatable bonds is 5. The van der Waals surface area contributed by atoms with Gasteiger partial charge in [0.1, 0.15) is 5.65 Å². The second kappa shape index (κ2) is 6.60. The van der Waals surface area contributed by atoms with Crippen LogP contribution in [-0.2, 0) is 11.8 Å². The van der Waals surface area contributed by atoms with Gasteiger partial charge < -0.3 is 20.6 Å². The molecule has 3 heterocycles. The van der Waals surface area contributed by atoms with Crippen LogP contribution < -0.4 is 11.1 Å². The predicted octanol–water partition coefficient (Wildman–Crippen LogP) is 2.33. The summed E-state index contributed by atoms with van der Waals surface area (Å²) in [6, 6.07) is 11.6. The summed E-state index contributed by atoms with van der Waals surface area (Å²) in [7, 11) is 1.95. The average molecular weight is 361 g/mol. The summed E-state index contributed by atoms with van der Waals surface area (Å²) in [6.45, 7) is 0.229. The number of H-pyrrole nitrogens is 1. The number of amides is 2. The third kappa shape index (κ3) is 3.15. The molecule has 3 aromatic heterocycles. The minimum atomic E-state index is -0.439. The van der Waals surface area contributed by atoms with Crippen LogP contribution in [0.2, 0.25) is 0 Å². The van der Waals surface area contributed by atoms with E-state index in [0.29, 0.717) is 5.56 Å². The highest BCUT2D eigenvalue weighted by atomic mass is 16.2.